The Morgan fingerprint density at radius 1 is 1.36 bits per heavy atom. The van der Waals surface area contributed by atoms with Crippen LogP contribution in [0.5, 0.6) is 0 Å². The number of fused-ring (bicyclic) bond motifs is 1. The summed E-state index contributed by atoms with van der Waals surface area (Å²) in [7, 11) is -1.70. The maximum atomic E-state index is 12.5. The number of hydrogen-bond donors (Lipinski definition) is 2. The zero-order chi connectivity index (χ0) is 16.4. The van der Waals surface area contributed by atoms with Gasteiger partial charge < -0.3 is 10.0 Å². The molecule has 122 valence electrons. The van der Waals surface area contributed by atoms with E-state index in [1.54, 1.807) is 7.05 Å². The van der Waals surface area contributed by atoms with Crippen LogP contribution in [0.4, 0.5) is 0 Å². The van der Waals surface area contributed by atoms with E-state index in [-0.39, 0.29) is 19.0 Å². The van der Waals surface area contributed by atoms with E-state index in [9.17, 15) is 18.3 Å². The summed E-state index contributed by atoms with van der Waals surface area (Å²) >= 11 is 0. The lowest BCUT2D eigenvalue weighted by Crippen LogP contribution is -2.52. The van der Waals surface area contributed by atoms with Crippen LogP contribution in [-0.4, -0.2) is 56.3 Å². The van der Waals surface area contributed by atoms with E-state index >= 15 is 0 Å². The normalized spacial score (nSPS) is 21.2. The Morgan fingerprint density at radius 3 is 2.64 bits per heavy atom. The molecule has 1 atom stereocenters. The van der Waals surface area contributed by atoms with Gasteiger partial charge in [0.1, 0.15) is 5.60 Å². The minimum Gasteiger partial charge on any atom is -0.380 e. The topological polar surface area (TPSA) is 86.7 Å². The molecule has 0 aromatic heterocycles. The molecule has 0 spiro atoms. The zero-order valence-corrected chi connectivity index (χ0v) is 13.7. The third-order valence-corrected chi connectivity index (χ3v) is 4.69. The highest BCUT2D eigenvalue weighted by Gasteiger charge is 2.40. The molecule has 2 N–H and O–H groups in total. The van der Waals surface area contributed by atoms with Crippen LogP contribution < -0.4 is 4.72 Å². The van der Waals surface area contributed by atoms with Crippen LogP contribution in [0.25, 0.3) is 0 Å². The molecule has 0 fully saturated rings. The second kappa shape index (κ2) is 6.36. The molecular formula is C15H22N2O4S. The van der Waals surface area contributed by atoms with Crippen molar-refractivity contribution >= 4 is 15.9 Å². The van der Waals surface area contributed by atoms with Gasteiger partial charge in [-0.2, -0.15) is 0 Å². The first-order valence-corrected chi connectivity index (χ1v) is 9.10. The summed E-state index contributed by atoms with van der Waals surface area (Å²) in [5, 5.41) is 10.7. The van der Waals surface area contributed by atoms with Crippen molar-refractivity contribution in [3.8, 4) is 0 Å². The number of nitrogens with zero attached hydrogens (tertiary/aromatic N) is 1. The molecule has 1 aliphatic rings. The van der Waals surface area contributed by atoms with Crippen LogP contribution in [0.15, 0.2) is 24.3 Å². The highest BCUT2D eigenvalue weighted by molar-refractivity contribution is 7.88. The molecular weight excluding hydrogens is 304 g/mol. The predicted molar refractivity (Wildman–Crippen MR) is 83.9 cm³/mol. The van der Waals surface area contributed by atoms with Gasteiger partial charge in [-0.1, -0.05) is 24.3 Å². The molecule has 1 aromatic rings. The first-order chi connectivity index (χ1) is 10.2. The van der Waals surface area contributed by atoms with Gasteiger partial charge in [0.15, 0.2) is 0 Å². The second-order valence-electron chi connectivity index (χ2n) is 5.87. The molecule has 6 nitrogen and oxygen atoms in total. The fourth-order valence-corrected chi connectivity index (χ4v) is 3.22. The van der Waals surface area contributed by atoms with Crippen molar-refractivity contribution in [2.75, 3.05) is 26.4 Å². The van der Waals surface area contributed by atoms with Crippen molar-refractivity contribution < 1.29 is 18.3 Å². The number of aliphatic hydroxyl groups is 1. The number of likely N-dealkylation sites (N-methyl/N-ethyl adjacent to an activating group) is 1. The Bertz CT molecular complexity index is 659. The van der Waals surface area contributed by atoms with Gasteiger partial charge in [0.2, 0.25) is 10.0 Å². The van der Waals surface area contributed by atoms with E-state index in [1.165, 1.54) is 10.5 Å². The van der Waals surface area contributed by atoms with Gasteiger partial charge in [-0.15, -0.1) is 0 Å². The van der Waals surface area contributed by atoms with Crippen LogP contribution in [-0.2, 0) is 27.7 Å². The highest BCUT2D eigenvalue weighted by Crippen LogP contribution is 2.29. The number of carbonyl (C=O) groups is 1. The maximum Gasteiger partial charge on any atom is 0.254 e. The monoisotopic (exact) mass is 326 g/mol. The zero-order valence-electron chi connectivity index (χ0n) is 12.9. The Labute approximate surface area is 131 Å². The lowest BCUT2D eigenvalue weighted by molar-refractivity contribution is -0.151. The van der Waals surface area contributed by atoms with E-state index in [4.69, 9.17) is 0 Å². The Morgan fingerprint density at radius 2 is 2.00 bits per heavy atom. The average molecular weight is 326 g/mol. The molecule has 0 heterocycles. The summed E-state index contributed by atoms with van der Waals surface area (Å²) in [5.41, 5.74) is 0.752. The number of sulfonamides is 1. The van der Waals surface area contributed by atoms with E-state index in [0.29, 0.717) is 19.3 Å². The summed E-state index contributed by atoms with van der Waals surface area (Å²) in [5.74, 6) is -0.364. The van der Waals surface area contributed by atoms with E-state index < -0.39 is 15.6 Å². The Balaban J connectivity index is 2.00. The molecule has 0 aliphatic heterocycles. The lowest BCUT2D eigenvalue weighted by Gasteiger charge is -2.35. The quantitative estimate of drug-likeness (QED) is 0.792. The van der Waals surface area contributed by atoms with Crippen molar-refractivity contribution in [1.29, 1.82) is 0 Å². The smallest absolute Gasteiger partial charge is 0.254 e. The maximum absolute atomic E-state index is 12.5. The van der Waals surface area contributed by atoms with Crippen molar-refractivity contribution in [3.63, 3.8) is 0 Å². The molecule has 1 aromatic carbocycles. The van der Waals surface area contributed by atoms with E-state index in [0.717, 1.165) is 11.8 Å². The summed E-state index contributed by atoms with van der Waals surface area (Å²) in [6.07, 6.45) is 2.41. The molecule has 1 unspecified atom stereocenters. The number of hydrogen-bond acceptors (Lipinski definition) is 4. The van der Waals surface area contributed by atoms with Crippen molar-refractivity contribution in [1.82, 2.24) is 9.62 Å². The number of rotatable bonds is 5. The lowest BCUT2D eigenvalue weighted by atomic mass is 9.79. The van der Waals surface area contributed by atoms with E-state index in [1.807, 2.05) is 24.3 Å². The number of amides is 1. The molecule has 22 heavy (non-hydrogen) atoms. The summed E-state index contributed by atoms with van der Waals surface area (Å²) < 4.78 is 24.4. The minimum absolute atomic E-state index is 0.133. The summed E-state index contributed by atoms with van der Waals surface area (Å²) in [4.78, 5) is 13.9. The fourth-order valence-electron chi connectivity index (χ4n) is 2.76. The van der Waals surface area contributed by atoms with Gasteiger partial charge in [-0.25, -0.2) is 13.1 Å². The first kappa shape index (κ1) is 16.9. The standard InChI is InChI=1S/C15H22N2O4S/c1-17(10-9-16-22(2,20)21)14(18)15(19)8-7-12-5-3-4-6-13(12)11-15/h3-6,16,19H,7-11H2,1-2H3. The average Bonchev–Trinajstić information content (AvgIpc) is 2.44. The molecule has 7 heteroatoms. The van der Waals surface area contributed by atoms with Crippen LogP contribution in [0.2, 0.25) is 0 Å². The summed E-state index contributed by atoms with van der Waals surface area (Å²) in [6, 6.07) is 7.79. The van der Waals surface area contributed by atoms with Crippen LogP contribution in [0.1, 0.15) is 17.5 Å². The van der Waals surface area contributed by atoms with Crippen molar-refractivity contribution in [2.45, 2.75) is 24.9 Å². The van der Waals surface area contributed by atoms with Crippen LogP contribution in [0, 0.1) is 0 Å². The molecule has 2 rings (SSSR count). The third-order valence-electron chi connectivity index (χ3n) is 3.97. The van der Waals surface area contributed by atoms with Gasteiger partial charge in [-0.3, -0.25) is 4.79 Å². The van der Waals surface area contributed by atoms with Crippen LogP contribution in [0.3, 0.4) is 0 Å². The number of nitrogens with one attached hydrogen (secondary N) is 1. The highest BCUT2D eigenvalue weighted by atomic mass is 32.2. The predicted octanol–water partition coefficient (Wildman–Crippen LogP) is -0.0860. The van der Waals surface area contributed by atoms with Crippen LogP contribution >= 0.6 is 0 Å². The Hall–Kier alpha value is -1.44. The van der Waals surface area contributed by atoms with Gasteiger partial charge in [0, 0.05) is 26.6 Å². The third kappa shape index (κ3) is 4.06. The van der Waals surface area contributed by atoms with Gasteiger partial charge >= 0.3 is 0 Å². The van der Waals surface area contributed by atoms with Gasteiger partial charge in [0.25, 0.3) is 5.91 Å². The van der Waals surface area contributed by atoms with Crippen molar-refractivity contribution in [3.05, 3.63) is 35.4 Å². The molecule has 0 saturated heterocycles. The molecule has 0 radical (unpaired) electrons. The van der Waals surface area contributed by atoms with Gasteiger partial charge in [0.05, 0.1) is 6.26 Å². The first-order valence-electron chi connectivity index (χ1n) is 7.21. The SMILES string of the molecule is CN(CCNS(C)(=O)=O)C(=O)C1(O)CCc2ccccc2C1. The number of benzene rings is 1. The van der Waals surface area contributed by atoms with Gasteiger partial charge in [-0.05, 0) is 24.0 Å². The fraction of sp³-hybridized carbons (Fsp3) is 0.533. The Kier molecular flexibility index (Phi) is 4.89. The number of carbonyl (C=O) groups excluding carboxylic acids is 1. The molecule has 0 bridgehead atoms. The number of aryl methyl sites for hydroxylation is 1. The largest absolute Gasteiger partial charge is 0.380 e. The molecule has 1 aliphatic carbocycles. The minimum atomic E-state index is -3.28. The molecule has 0 saturated carbocycles. The summed E-state index contributed by atoms with van der Waals surface area (Å²) in [6.45, 7) is 0.351. The van der Waals surface area contributed by atoms with Crippen molar-refractivity contribution in [2.24, 2.45) is 0 Å². The second-order valence-corrected chi connectivity index (χ2v) is 7.70. The molecule has 1 amide bonds. The van der Waals surface area contributed by atoms with E-state index in [2.05, 4.69) is 4.72 Å².